The standard InChI is InChI=1S/C20H21FN4OS/c21-18-6-2-1-4-15(18)12-24(16-7-8-16)14-20(26)23-19-9-10-22-25(19)13-17-5-3-11-27-17/h1-6,9-11,16H,7-8,12-14H2,(H,23,26). The molecule has 4 rings (SSSR count). The summed E-state index contributed by atoms with van der Waals surface area (Å²) in [4.78, 5) is 15.8. The second kappa shape index (κ2) is 8.02. The average Bonchev–Trinajstić information content (AvgIpc) is 3.22. The molecule has 1 aromatic carbocycles. The summed E-state index contributed by atoms with van der Waals surface area (Å²) in [7, 11) is 0. The van der Waals surface area contributed by atoms with Gasteiger partial charge in [-0.2, -0.15) is 5.10 Å². The molecule has 0 spiro atoms. The molecule has 1 aliphatic rings. The molecule has 0 atom stereocenters. The topological polar surface area (TPSA) is 50.2 Å². The van der Waals surface area contributed by atoms with Gasteiger partial charge in [0.05, 0.1) is 19.3 Å². The van der Waals surface area contributed by atoms with Gasteiger partial charge < -0.3 is 5.32 Å². The van der Waals surface area contributed by atoms with E-state index in [1.54, 1.807) is 40.4 Å². The number of hydrogen-bond acceptors (Lipinski definition) is 4. The first-order valence-electron chi connectivity index (χ1n) is 9.00. The number of thiophene rings is 1. The van der Waals surface area contributed by atoms with Crippen molar-refractivity contribution in [3.8, 4) is 0 Å². The van der Waals surface area contributed by atoms with Crippen molar-refractivity contribution >= 4 is 23.1 Å². The number of halogens is 1. The fraction of sp³-hybridized carbons (Fsp3) is 0.300. The van der Waals surface area contributed by atoms with E-state index < -0.39 is 0 Å². The molecule has 2 heterocycles. The molecule has 1 amide bonds. The number of amides is 1. The third-order valence-electron chi connectivity index (χ3n) is 4.61. The van der Waals surface area contributed by atoms with Crippen LogP contribution in [0.3, 0.4) is 0 Å². The SMILES string of the molecule is O=C(CN(Cc1ccccc1F)C1CC1)Nc1ccnn1Cc1cccs1. The van der Waals surface area contributed by atoms with E-state index in [-0.39, 0.29) is 18.3 Å². The van der Waals surface area contributed by atoms with E-state index in [2.05, 4.69) is 10.4 Å². The molecular weight excluding hydrogens is 363 g/mol. The minimum atomic E-state index is -0.224. The Morgan fingerprint density at radius 1 is 1.26 bits per heavy atom. The zero-order valence-corrected chi connectivity index (χ0v) is 15.7. The molecule has 140 valence electrons. The van der Waals surface area contributed by atoms with Crippen molar-refractivity contribution < 1.29 is 9.18 Å². The molecular formula is C20H21FN4OS. The number of nitrogens with one attached hydrogen (secondary N) is 1. The Bertz CT molecular complexity index is 904. The Labute approximate surface area is 161 Å². The molecule has 1 aliphatic carbocycles. The Morgan fingerprint density at radius 3 is 2.85 bits per heavy atom. The maximum Gasteiger partial charge on any atom is 0.239 e. The minimum absolute atomic E-state index is 0.105. The van der Waals surface area contributed by atoms with E-state index in [0.29, 0.717) is 30.5 Å². The fourth-order valence-electron chi connectivity index (χ4n) is 3.08. The monoisotopic (exact) mass is 384 g/mol. The number of hydrogen-bond donors (Lipinski definition) is 1. The zero-order valence-electron chi connectivity index (χ0n) is 14.8. The molecule has 7 heteroatoms. The van der Waals surface area contributed by atoms with Crippen molar-refractivity contribution in [2.45, 2.75) is 32.0 Å². The molecule has 5 nitrogen and oxygen atoms in total. The molecule has 0 bridgehead atoms. The molecule has 3 aromatic rings. The lowest BCUT2D eigenvalue weighted by Gasteiger charge is -2.22. The lowest BCUT2D eigenvalue weighted by atomic mass is 10.2. The summed E-state index contributed by atoms with van der Waals surface area (Å²) >= 11 is 1.66. The number of nitrogens with zero attached hydrogens (tertiary/aromatic N) is 3. The highest BCUT2D eigenvalue weighted by Gasteiger charge is 2.31. The fourth-order valence-corrected chi connectivity index (χ4v) is 3.77. The Balaban J connectivity index is 1.39. The Hall–Kier alpha value is -2.51. The van der Waals surface area contributed by atoms with E-state index in [1.807, 2.05) is 28.5 Å². The van der Waals surface area contributed by atoms with Crippen LogP contribution >= 0.6 is 11.3 Å². The minimum Gasteiger partial charge on any atom is -0.310 e. The van der Waals surface area contributed by atoms with Crippen molar-refractivity contribution in [1.82, 2.24) is 14.7 Å². The summed E-state index contributed by atoms with van der Waals surface area (Å²) in [5.41, 5.74) is 0.625. The Kier molecular flexibility index (Phi) is 5.31. The first kappa shape index (κ1) is 17.9. The van der Waals surface area contributed by atoms with Crippen molar-refractivity contribution in [1.29, 1.82) is 0 Å². The van der Waals surface area contributed by atoms with Gasteiger partial charge in [0.2, 0.25) is 5.91 Å². The normalized spacial score (nSPS) is 13.9. The highest BCUT2D eigenvalue weighted by Crippen LogP contribution is 2.28. The zero-order chi connectivity index (χ0) is 18.6. The maximum absolute atomic E-state index is 14.0. The summed E-state index contributed by atoms with van der Waals surface area (Å²) in [6, 6.07) is 12.9. The van der Waals surface area contributed by atoms with Crippen LogP contribution in [0.25, 0.3) is 0 Å². The number of aromatic nitrogens is 2. The summed E-state index contributed by atoms with van der Waals surface area (Å²) in [6.45, 7) is 1.31. The lowest BCUT2D eigenvalue weighted by Crippen LogP contribution is -2.35. The number of carbonyl (C=O) groups is 1. The second-order valence-corrected chi connectivity index (χ2v) is 7.76. The van der Waals surface area contributed by atoms with Crippen molar-refractivity contribution in [2.24, 2.45) is 0 Å². The van der Waals surface area contributed by atoms with E-state index in [4.69, 9.17) is 0 Å². The third kappa shape index (κ3) is 4.61. The second-order valence-electron chi connectivity index (χ2n) is 6.73. The van der Waals surface area contributed by atoms with Crippen LogP contribution in [0.1, 0.15) is 23.3 Å². The van der Waals surface area contributed by atoms with Gasteiger partial charge in [-0.3, -0.25) is 9.69 Å². The molecule has 0 aliphatic heterocycles. The first-order chi connectivity index (χ1) is 13.2. The van der Waals surface area contributed by atoms with Gasteiger partial charge in [0.25, 0.3) is 0 Å². The summed E-state index contributed by atoms with van der Waals surface area (Å²) < 4.78 is 15.8. The first-order valence-corrected chi connectivity index (χ1v) is 9.88. The van der Waals surface area contributed by atoms with Crippen LogP contribution < -0.4 is 5.32 Å². The molecule has 0 radical (unpaired) electrons. The number of carbonyl (C=O) groups excluding carboxylic acids is 1. The predicted octanol–water partition coefficient (Wildman–Crippen LogP) is 3.74. The van der Waals surface area contributed by atoms with E-state index in [1.165, 1.54) is 10.9 Å². The molecule has 2 aromatic heterocycles. The van der Waals surface area contributed by atoms with Crippen LogP contribution in [0.4, 0.5) is 10.2 Å². The van der Waals surface area contributed by atoms with Gasteiger partial charge in [-0.05, 0) is 30.4 Å². The summed E-state index contributed by atoms with van der Waals surface area (Å²) in [5, 5.41) is 9.26. The molecule has 1 N–H and O–H groups in total. The van der Waals surface area contributed by atoms with Crippen molar-refractivity contribution in [3.05, 3.63) is 70.3 Å². The highest BCUT2D eigenvalue weighted by atomic mass is 32.1. The van der Waals surface area contributed by atoms with Crippen LogP contribution in [-0.4, -0.2) is 33.2 Å². The summed E-state index contributed by atoms with van der Waals surface area (Å²) in [6.07, 6.45) is 3.79. The Morgan fingerprint density at radius 2 is 2.11 bits per heavy atom. The van der Waals surface area contributed by atoms with Crippen LogP contribution in [0.2, 0.25) is 0 Å². The third-order valence-corrected chi connectivity index (χ3v) is 5.47. The molecule has 1 saturated carbocycles. The van der Waals surface area contributed by atoms with Gasteiger partial charge in [-0.15, -0.1) is 11.3 Å². The van der Waals surface area contributed by atoms with Gasteiger partial charge in [-0.1, -0.05) is 24.3 Å². The van der Waals surface area contributed by atoms with Crippen LogP contribution in [0, 0.1) is 5.82 Å². The molecule has 0 saturated heterocycles. The van der Waals surface area contributed by atoms with Crippen LogP contribution in [0.15, 0.2) is 54.0 Å². The number of benzene rings is 1. The van der Waals surface area contributed by atoms with Gasteiger partial charge in [0.15, 0.2) is 0 Å². The summed E-state index contributed by atoms with van der Waals surface area (Å²) in [5.74, 6) is 0.346. The van der Waals surface area contributed by atoms with Crippen LogP contribution in [0.5, 0.6) is 0 Å². The predicted molar refractivity (Wildman–Crippen MR) is 104 cm³/mol. The maximum atomic E-state index is 14.0. The van der Waals surface area contributed by atoms with Gasteiger partial charge in [0, 0.05) is 29.1 Å². The van der Waals surface area contributed by atoms with Crippen LogP contribution in [-0.2, 0) is 17.9 Å². The lowest BCUT2D eigenvalue weighted by molar-refractivity contribution is -0.117. The molecule has 27 heavy (non-hydrogen) atoms. The van der Waals surface area contributed by atoms with E-state index in [9.17, 15) is 9.18 Å². The smallest absolute Gasteiger partial charge is 0.239 e. The van der Waals surface area contributed by atoms with Gasteiger partial charge in [0.1, 0.15) is 11.6 Å². The largest absolute Gasteiger partial charge is 0.310 e. The molecule has 0 unspecified atom stereocenters. The molecule has 1 fully saturated rings. The van der Waals surface area contributed by atoms with Crippen molar-refractivity contribution in [2.75, 3.05) is 11.9 Å². The average molecular weight is 384 g/mol. The van der Waals surface area contributed by atoms with Crippen molar-refractivity contribution in [3.63, 3.8) is 0 Å². The highest BCUT2D eigenvalue weighted by molar-refractivity contribution is 7.09. The van der Waals surface area contributed by atoms with E-state index in [0.717, 1.165) is 12.8 Å². The van der Waals surface area contributed by atoms with Gasteiger partial charge in [-0.25, -0.2) is 9.07 Å². The number of rotatable bonds is 8. The van der Waals surface area contributed by atoms with Gasteiger partial charge >= 0.3 is 0 Å². The van der Waals surface area contributed by atoms with E-state index >= 15 is 0 Å². The quantitative estimate of drug-likeness (QED) is 0.644. The number of anilines is 1.